The van der Waals surface area contributed by atoms with Gasteiger partial charge in [-0.2, -0.15) is 0 Å². The molecule has 1 atom stereocenters. The first kappa shape index (κ1) is 12.4. The van der Waals surface area contributed by atoms with Gasteiger partial charge >= 0.3 is 6.03 Å². The predicted molar refractivity (Wildman–Crippen MR) is 68.2 cm³/mol. The maximum atomic E-state index is 13.7. The number of carbonyl (C=O) groups excluding carboxylic acids is 1. The van der Waals surface area contributed by atoms with E-state index >= 15 is 0 Å². The minimum Gasteiger partial charge on any atom is -0.370 e. The Hall–Kier alpha value is -1.62. The second kappa shape index (κ2) is 5.17. The van der Waals surface area contributed by atoms with Crippen molar-refractivity contribution in [2.45, 2.75) is 25.0 Å². The van der Waals surface area contributed by atoms with Crippen molar-refractivity contribution in [1.82, 2.24) is 10.2 Å². The zero-order valence-corrected chi connectivity index (χ0v) is 10.6. The fourth-order valence-corrected chi connectivity index (χ4v) is 2.25. The molecule has 19 heavy (non-hydrogen) atoms. The van der Waals surface area contributed by atoms with Crippen LogP contribution in [0.1, 0.15) is 24.5 Å². The van der Waals surface area contributed by atoms with Crippen LogP contribution < -0.4 is 5.32 Å². The van der Waals surface area contributed by atoms with Gasteiger partial charge in [0.2, 0.25) is 0 Å². The van der Waals surface area contributed by atoms with Crippen molar-refractivity contribution in [2.75, 3.05) is 19.7 Å². The van der Waals surface area contributed by atoms with E-state index in [2.05, 4.69) is 5.32 Å². The number of carbonyl (C=O) groups is 1. The number of ether oxygens (including phenoxy) is 1. The molecule has 2 amide bonds. The van der Waals surface area contributed by atoms with Crippen LogP contribution in [0.2, 0.25) is 0 Å². The van der Waals surface area contributed by atoms with E-state index in [1.807, 2.05) is 0 Å². The number of halogens is 1. The average molecular weight is 264 g/mol. The minimum atomic E-state index is -0.375. The summed E-state index contributed by atoms with van der Waals surface area (Å²) in [5, 5.41) is 2.95. The monoisotopic (exact) mass is 264 g/mol. The largest absolute Gasteiger partial charge is 0.370 e. The molecule has 0 radical (unpaired) electrons. The van der Waals surface area contributed by atoms with Crippen LogP contribution in [0.25, 0.3) is 0 Å². The molecular formula is C14H17FN2O2. The standard InChI is InChI=1S/C14H17FN2O2/c15-12-4-2-1-3-11(12)13-9-17(7-8-19-13)14(18)16-10-5-6-10/h1-4,10,13H,5-9H2,(H,16,18). The van der Waals surface area contributed by atoms with Crippen LogP contribution in [-0.4, -0.2) is 36.7 Å². The lowest BCUT2D eigenvalue weighted by Crippen LogP contribution is -2.47. The predicted octanol–water partition coefficient (Wildman–Crippen LogP) is 2.07. The highest BCUT2D eigenvalue weighted by atomic mass is 19.1. The van der Waals surface area contributed by atoms with Gasteiger partial charge in [-0.05, 0) is 18.9 Å². The van der Waals surface area contributed by atoms with Crippen LogP contribution in [0, 0.1) is 5.82 Å². The lowest BCUT2D eigenvalue weighted by Gasteiger charge is -2.33. The lowest BCUT2D eigenvalue weighted by atomic mass is 10.1. The molecule has 0 aromatic heterocycles. The summed E-state index contributed by atoms with van der Waals surface area (Å²) in [7, 11) is 0. The van der Waals surface area contributed by atoms with E-state index in [1.165, 1.54) is 6.07 Å². The summed E-state index contributed by atoms with van der Waals surface area (Å²) in [6.45, 7) is 1.40. The van der Waals surface area contributed by atoms with Gasteiger partial charge in [-0.3, -0.25) is 0 Å². The summed E-state index contributed by atoms with van der Waals surface area (Å²) in [5.41, 5.74) is 0.520. The van der Waals surface area contributed by atoms with E-state index in [0.717, 1.165) is 12.8 Å². The molecular weight excluding hydrogens is 247 g/mol. The third-order valence-corrected chi connectivity index (χ3v) is 3.51. The average Bonchev–Trinajstić information content (AvgIpc) is 3.23. The lowest BCUT2D eigenvalue weighted by molar-refractivity contribution is -0.0171. The molecule has 4 nitrogen and oxygen atoms in total. The van der Waals surface area contributed by atoms with Crippen molar-refractivity contribution in [2.24, 2.45) is 0 Å². The molecule has 5 heteroatoms. The third-order valence-electron chi connectivity index (χ3n) is 3.51. The Morgan fingerprint density at radius 3 is 2.89 bits per heavy atom. The van der Waals surface area contributed by atoms with Gasteiger partial charge in [0.25, 0.3) is 0 Å². The van der Waals surface area contributed by atoms with Crippen LogP contribution in [0.5, 0.6) is 0 Å². The fourth-order valence-electron chi connectivity index (χ4n) is 2.25. The Balaban J connectivity index is 1.67. The SMILES string of the molecule is O=C(NC1CC1)N1CCOC(c2ccccc2F)C1. The molecule has 1 aliphatic carbocycles. The molecule has 1 aromatic rings. The van der Waals surface area contributed by atoms with Crippen LogP contribution in [0.4, 0.5) is 9.18 Å². The van der Waals surface area contributed by atoms with E-state index < -0.39 is 0 Å². The Morgan fingerprint density at radius 2 is 2.16 bits per heavy atom. The maximum absolute atomic E-state index is 13.7. The molecule has 1 saturated carbocycles. The Labute approximate surface area is 111 Å². The molecule has 2 fully saturated rings. The molecule has 1 N–H and O–H groups in total. The number of morpholine rings is 1. The summed E-state index contributed by atoms with van der Waals surface area (Å²) >= 11 is 0. The highest BCUT2D eigenvalue weighted by Gasteiger charge is 2.30. The number of nitrogens with zero attached hydrogens (tertiary/aromatic N) is 1. The molecule has 1 heterocycles. The van der Waals surface area contributed by atoms with Gasteiger partial charge in [0.15, 0.2) is 0 Å². The molecule has 0 spiro atoms. The quantitative estimate of drug-likeness (QED) is 0.888. The van der Waals surface area contributed by atoms with Crippen molar-refractivity contribution < 1.29 is 13.9 Å². The summed E-state index contributed by atoms with van der Waals surface area (Å²) < 4.78 is 19.3. The number of urea groups is 1. The molecule has 1 aliphatic heterocycles. The van der Waals surface area contributed by atoms with E-state index in [-0.39, 0.29) is 18.0 Å². The Bertz CT molecular complexity index is 476. The highest BCUT2D eigenvalue weighted by Crippen LogP contribution is 2.25. The van der Waals surface area contributed by atoms with Crippen molar-refractivity contribution in [3.8, 4) is 0 Å². The first-order chi connectivity index (χ1) is 9.24. The van der Waals surface area contributed by atoms with Gasteiger partial charge in [0, 0.05) is 18.2 Å². The van der Waals surface area contributed by atoms with Gasteiger partial charge in [-0.15, -0.1) is 0 Å². The summed E-state index contributed by atoms with van der Waals surface area (Å²) in [5.74, 6) is -0.281. The number of hydrogen-bond donors (Lipinski definition) is 1. The van der Waals surface area contributed by atoms with E-state index in [9.17, 15) is 9.18 Å². The highest BCUT2D eigenvalue weighted by molar-refractivity contribution is 5.75. The molecule has 3 rings (SSSR count). The molecule has 0 bridgehead atoms. The molecule has 1 aromatic carbocycles. The molecule has 1 unspecified atom stereocenters. The Morgan fingerprint density at radius 1 is 1.37 bits per heavy atom. The summed E-state index contributed by atoms with van der Waals surface area (Å²) in [4.78, 5) is 13.7. The maximum Gasteiger partial charge on any atom is 0.317 e. The number of benzene rings is 1. The number of nitrogens with one attached hydrogen (secondary N) is 1. The van der Waals surface area contributed by atoms with Crippen LogP contribution >= 0.6 is 0 Å². The van der Waals surface area contributed by atoms with E-state index in [1.54, 1.807) is 23.1 Å². The first-order valence-electron chi connectivity index (χ1n) is 6.65. The minimum absolute atomic E-state index is 0.0628. The van der Waals surface area contributed by atoms with Gasteiger partial charge in [-0.1, -0.05) is 18.2 Å². The van der Waals surface area contributed by atoms with Crippen molar-refractivity contribution >= 4 is 6.03 Å². The van der Waals surface area contributed by atoms with Gasteiger partial charge < -0.3 is 15.0 Å². The van der Waals surface area contributed by atoms with E-state index in [0.29, 0.717) is 31.3 Å². The van der Waals surface area contributed by atoms with Crippen LogP contribution in [0.15, 0.2) is 24.3 Å². The number of amides is 2. The zero-order valence-electron chi connectivity index (χ0n) is 10.6. The molecule has 1 saturated heterocycles. The van der Waals surface area contributed by atoms with Gasteiger partial charge in [0.1, 0.15) is 11.9 Å². The van der Waals surface area contributed by atoms with E-state index in [4.69, 9.17) is 4.74 Å². The topological polar surface area (TPSA) is 41.6 Å². The third kappa shape index (κ3) is 2.87. The van der Waals surface area contributed by atoms with Crippen molar-refractivity contribution in [3.05, 3.63) is 35.6 Å². The summed E-state index contributed by atoms with van der Waals surface area (Å²) in [6, 6.07) is 6.84. The van der Waals surface area contributed by atoms with Gasteiger partial charge in [0.05, 0.1) is 13.2 Å². The Kier molecular flexibility index (Phi) is 3.38. The van der Waals surface area contributed by atoms with Crippen LogP contribution in [0.3, 0.4) is 0 Å². The number of hydrogen-bond acceptors (Lipinski definition) is 2. The first-order valence-corrected chi connectivity index (χ1v) is 6.65. The number of rotatable bonds is 2. The second-order valence-corrected chi connectivity index (χ2v) is 5.05. The molecule has 2 aliphatic rings. The van der Waals surface area contributed by atoms with Gasteiger partial charge in [-0.25, -0.2) is 9.18 Å². The van der Waals surface area contributed by atoms with Crippen LogP contribution in [-0.2, 0) is 4.74 Å². The fraction of sp³-hybridized carbons (Fsp3) is 0.500. The summed E-state index contributed by atoms with van der Waals surface area (Å²) in [6.07, 6.45) is 1.75. The smallest absolute Gasteiger partial charge is 0.317 e. The van der Waals surface area contributed by atoms with Crippen molar-refractivity contribution in [3.63, 3.8) is 0 Å². The molecule has 102 valence electrons. The second-order valence-electron chi connectivity index (χ2n) is 5.05. The zero-order chi connectivity index (χ0) is 13.2. The van der Waals surface area contributed by atoms with Crippen molar-refractivity contribution in [1.29, 1.82) is 0 Å². The normalized spacial score (nSPS) is 23.2.